The van der Waals surface area contributed by atoms with Crippen molar-refractivity contribution in [2.45, 2.75) is 51.0 Å². The first kappa shape index (κ1) is 20.0. The van der Waals surface area contributed by atoms with Gasteiger partial charge >= 0.3 is 0 Å². The Morgan fingerprint density at radius 1 is 1.19 bits per heavy atom. The quantitative estimate of drug-likeness (QED) is 0.718. The van der Waals surface area contributed by atoms with E-state index in [0.29, 0.717) is 12.0 Å². The first-order chi connectivity index (χ1) is 13.0. The number of piperidine rings is 2. The summed E-state index contributed by atoms with van der Waals surface area (Å²) in [6.45, 7) is 3.48. The van der Waals surface area contributed by atoms with Gasteiger partial charge in [-0.15, -0.1) is 0 Å². The maximum absolute atomic E-state index is 12.9. The van der Waals surface area contributed by atoms with Crippen LogP contribution in [0.3, 0.4) is 0 Å². The van der Waals surface area contributed by atoms with E-state index in [-0.39, 0.29) is 23.5 Å². The summed E-state index contributed by atoms with van der Waals surface area (Å²) < 4.78 is 12.9. The number of ketones is 1. The molecule has 0 radical (unpaired) electrons. The van der Waals surface area contributed by atoms with Gasteiger partial charge in [0.2, 0.25) is 5.91 Å². The van der Waals surface area contributed by atoms with Crippen molar-refractivity contribution in [2.75, 3.05) is 26.2 Å². The Kier molecular flexibility index (Phi) is 6.60. The first-order valence-electron chi connectivity index (χ1n) is 10.1. The van der Waals surface area contributed by atoms with Crippen LogP contribution in [0.15, 0.2) is 24.3 Å². The molecule has 2 fully saturated rings. The van der Waals surface area contributed by atoms with Gasteiger partial charge in [-0.2, -0.15) is 0 Å². The average molecular weight is 375 g/mol. The van der Waals surface area contributed by atoms with Gasteiger partial charge in [0.15, 0.2) is 5.78 Å². The summed E-state index contributed by atoms with van der Waals surface area (Å²) >= 11 is 0. The molecule has 1 aromatic carbocycles. The van der Waals surface area contributed by atoms with Gasteiger partial charge in [0.1, 0.15) is 5.82 Å². The van der Waals surface area contributed by atoms with Gasteiger partial charge in [-0.05, 0) is 82.5 Å². The minimum Gasteiger partial charge on any atom is -0.369 e. The summed E-state index contributed by atoms with van der Waals surface area (Å²) in [6, 6.07) is 5.92. The zero-order chi connectivity index (χ0) is 19.3. The molecule has 0 spiro atoms. The number of hydrogen-bond acceptors (Lipinski definition) is 4. The van der Waals surface area contributed by atoms with Gasteiger partial charge in [0.05, 0.1) is 5.41 Å². The predicted octanol–water partition coefficient (Wildman–Crippen LogP) is 2.50. The fourth-order valence-corrected chi connectivity index (χ4v) is 4.51. The zero-order valence-corrected chi connectivity index (χ0v) is 15.9. The minimum atomic E-state index is -0.430. The van der Waals surface area contributed by atoms with Crippen molar-refractivity contribution in [1.82, 2.24) is 10.2 Å². The molecule has 6 heteroatoms. The van der Waals surface area contributed by atoms with Crippen molar-refractivity contribution in [2.24, 2.45) is 11.1 Å². The molecular weight excluding hydrogens is 345 g/mol. The number of hydrogen-bond donors (Lipinski definition) is 2. The van der Waals surface area contributed by atoms with E-state index < -0.39 is 5.41 Å². The fraction of sp³-hybridized carbons (Fsp3) is 0.619. The average Bonchev–Trinajstić information content (AvgIpc) is 2.69. The Balaban J connectivity index is 1.46. The molecule has 0 aliphatic carbocycles. The van der Waals surface area contributed by atoms with Crippen LogP contribution in [0.4, 0.5) is 4.39 Å². The third kappa shape index (κ3) is 4.74. The second-order valence-corrected chi connectivity index (χ2v) is 7.90. The summed E-state index contributed by atoms with van der Waals surface area (Å²) in [6.07, 6.45) is 6.13. The summed E-state index contributed by atoms with van der Waals surface area (Å²) in [5.41, 5.74) is 5.96. The van der Waals surface area contributed by atoms with E-state index in [1.54, 1.807) is 0 Å². The van der Waals surface area contributed by atoms with Crippen LogP contribution in [0, 0.1) is 11.2 Å². The third-order valence-corrected chi connectivity index (χ3v) is 6.26. The standard InChI is InChI=1S/C21H30FN3O2/c22-17-8-6-16(7-9-17)18(26)4-3-13-25-14-10-21(11-15-25,20(23)27)19-5-1-2-12-24-19/h6-9,19,24H,1-5,10-15H2,(H2,23,27). The van der Waals surface area contributed by atoms with Crippen molar-refractivity contribution in [3.8, 4) is 0 Å². The Morgan fingerprint density at radius 3 is 2.48 bits per heavy atom. The van der Waals surface area contributed by atoms with E-state index in [9.17, 15) is 14.0 Å². The lowest BCUT2D eigenvalue weighted by Gasteiger charge is -2.46. The van der Waals surface area contributed by atoms with Crippen LogP contribution in [-0.2, 0) is 4.79 Å². The Hall–Kier alpha value is -1.79. The van der Waals surface area contributed by atoms with Crippen LogP contribution >= 0.6 is 0 Å². The van der Waals surface area contributed by atoms with Gasteiger partial charge < -0.3 is 16.0 Å². The van der Waals surface area contributed by atoms with E-state index in [2.05, 4.69) is 10.2 Å². The smallest absolute Gasteiger partial charge is 0.225 e. The van der Waals surface area contributed by atoms with Gasteiger partial charge in [-0.1, -0.05) is 6.42 Å². The van der Waals surface area contributed by atoms with Crippen LogP contribution in [-0.4, -0.2) is 48.8 Å². The highest BCUT2D eigenvalue weighted by molar-refractivity contribution is 5.95. The molecule has 2 aliphatic heterocycles. The van der Waals surface area contributed by atoms with Crippen LogP contribution in [0.1, 0.15) is 55.3 Å². The number of likely N-dealkylation sites (tertiary alicyclic amines) is 1. The normalized spacial score (nSPS) is 23.1. The van der Waals surface area contributed by atoms with Crippen molar-refractivity contribution in [3.63, 3.8) is 0 Å². The number of Topliss-reactive ketones (excluding diaryl/α,β-unsaturated/α-hetero) is 1. The Labute approximate surface area is 160 Å². The largest absolute Gasteiger partial charge is 0.369 e. The van der Waals surface area contributed by atoms with E-state index in [0.717, 1.165) is 58.3 Å². The van der Waals surface area contributed by atoms with Gasteiger partial charge in [0.25, 0.3) is 0 Å². The maximum atomic E-state index is 12.9. The van der Waals surface area contributed by atoms with E-state index >= 15 is 0 Å². The lowest BCUT2D eigenvalue weighted by molar-refractivity contribution is -0.133. The van der Waals surface area contributed by atoms with Crippen molar-refractivity contribution in [1.29, 1.82) is 0 Å². The summed E-state index contributed by atoms with van der Waals surface area (Å²) in [4.78, 5) is 26.8. The molecule has 0 bridgehead atoms. The number of nitrogens with one attached hydrogen (secondary N) is 1. The second kappa shape index (κ2) is 8.93. The fourth-order valence-electron chi connectivity index (χ4n) is 4.51. The topological polar surface area (TPSA) is 75.4 Å². The summed E-state index contributed by atoms with van der Waals surface area (Å²) in [5, 5.41) is 3.52. The molecule has 2 saturated heterocycles. The molecule has 1 atom stereocenters. The number of primary amides is 1. The van der Waals surface area contributed by atoms with Crippen molar-refractivity contribution in [3.05, 3.63) is 35.6 Å². The molecule has 3 rings (SSSR count). The molecule has 2 heterocycles. The number of nitrogens with zero attached hydrogens (tertiary/aromatic N) is 1. The van der Waals surface area contributed by atoms with Crippen LogP contribution in [0.25, 0.3) is 0 Å². The highest BCUT2D eigenvalue weighted by Crippen LogP contribution is 2.38. The van der Waals surface area contributed by atoms with Crippen LogP contribution < -0.4 is 11.1 Å². The minimum absolute atomic E-state index is 0.0462. The number of carbonyl (C=O) groups is 2. The molecule has 5 nitrogen and oxygen atoms in total. The molecule has 2 aliphatic rings. The molecule has 0 aromatic heterocycles. The summed E-state index contributed by atoms with van der Waals surface area (Å²) in [5.74, 6) is -0.455. The van der Waals surface area contributed by atoms with Crippen molar-refractivity contribution >= 4 is 11.7 Å². The maximum Gasteiger partial charge on any atom is 0.225 e. The van der Waals surface area contributed by atoms with Gasteiger partial charge in [-0.25, -0.2) is 4.39 Å². The molecule has 1 amide bonds. The molecule has 27 heavy (non-hydrogen) atoms. The van der Waals surface area contributed by atoms with E-state index in [4.69, 9.17) is 5.73 Å². The predicted molar refractivity (Wildman–Crippen MR) is 103 cm³/mol. The number of amides is 1. The lowest BCUT2D eigenvalue weighted by Crippen LogP contribution is -2.58. The zero-order valence-electron chi connectivity index (χ0n) is 15.9. The molecule has 148 valence electrons. The molecule has 0 saturated carbocycles. The highest BCUT2D eigenvalue weighted by atomic mass is 19.1. The number of carbonyl (C=O) groups excluding carboxylic acids is 2. The molecule has 3 N–H and O–H groups in total. The molecular formula is C21H30FN3O2. The Morgan fingerprint density at radius 2 is 1.89 bits per heavy atom. The van der Waals surface area contributed by atoms with Crippen molar-refractivity contribution < 1.29 is 14.0 Å². The second-order valence-electron chi connectivity index (χ2n) is 7.90. The molecule has 1 aromatic rings. The number of benzene rings is 1. The molecule has 1 unspecified atom stereocenters. The van der Waals surface area contributed by atoms with Gasteiger partial charge in [0, 0.05) is 18.0 Å². The van der Waals surface area contributed by atoms with E-state index in [1.165, 1.54) is 30.7 Å². The summed E-state index contributed by atoms with van der Waals surface area (Å²) in [7, 11) is 0. The number of rotatable bonds is 7. The van der Waals surface area contributed by atoms with Crippen LogP contribution in [0.2, 0.25) is 0 Å². The monoisotopic (exact) mass is 375 g/mol. The third-order valence-electron chi connectivity index (χ3n) is 6.26. The lowest BCUT2D eigenvalue weighted by atomic mass is 9.69. The number of halogens is 1. The SMILES string of the molecule is NC(=O)C1(C2CCCCN2)CCN(CCCC(=O)c2ccc(F)cc2)CC1. The number of nitrogens with two attached hydrogens (primary N) is 1. The van der Waals surface area contributed by atoms with Crippen LogP contribution in [0.5, 0.6) is 0 Å². The van der Waals surface area contributed by atoms with E-state index in [1.807, 2.05) is 0 Å². The first-order valence-corrected chi connectivity index (χ1v) is 10.1. The highest BCUT2D eigenvalue weighted by Gasteiger charge is 2.46. The Bertz CT molecular complexity index is 648. The van der Waals surface area contributed by atoms with Gasteiger partial charge in [-0.3, -0.25) is 9.59 Å².